The highest BCUT2D eigenvalue weighted by Gasteiger charge is 2.16. The molecule has 0 aromatic carbocycles. The van der Waals surface area contributed by atoms with Crippen LogP contribution in [-0.4, -0.2) is 31.0 Å². The lowest BCUT2D eigenvalue weighted by Crippen LogP contribution is -2.36. The van der Waals surface area contributed by atoms with E-state index in [0.717, 1.165) is 18.7 Å². The molecule has 0 aliphatic heterocycles. The Morgan fingerprint density at radius 1 is 1.28 bits per heavy atom. The van der Waals surface area contributed by atoms with Crippen LogP contribution in [0.15, 0.2) is 18.3 Å². The average molecular weight is 247 g/mol. The topological polar surface area (TPSA) is 45.2 Å². The minimum Gasteiger partial charge on any atom is -0.363 e. The van der Waals surface area contributed by atoms with Crippen LogP contribution >= 0.6 is 0 Å². The van der Waals surface area contributed by atoms with Crippen molar-refractivity contribution >= 4 is 11.7 Å². The van der Waals surface area contributed by atoms with Gasteiger partial charge < -0.3 is 10.2 Å². The van der Waals surface area contributed by atoms with Crippen molar-refractivity contribution in [2.75, 3.05) is 19.0 Å². The van der Waals surface area contributed by atoms with Gasteiger partial charge in [-0.2, -0.15) is 0 Å². The zero-order valence-corrected chi connectivity index (χ0v) is 11.1. The molecule has 2 rings (SSSR count). The lowest BCUT2D eigenvalue weighted by atomic mass is 9.95. The van der Waals surface area contributed by atoms with E-state index < -0.39 is 0 Å². The second-order valence-corrected chi connectivity index (χ2v) is 5.11. The standard InChI is InChI=1S/C14H21N3O/c1-17(2)13-9-8-11(10-15-13)14(18)16-12-6-4-3-5-7-12/h8-10,12H,3-7H2,1-2H3,(H,16,18). The average Bonchev–Trinajstić information content (AvgIpc) is 2.40. The Labute approximate surface area is 108 Å². The van der Waals surface area contributed by atoms with Crippen LogP contribution in [0.5, 0.6) is 0 Å². The Kier molecular flexibility index (Phi) is 4.18. The molecule has 1 aromatic rings. The molecule has 4 nitrogen and oxygen atoms in total. The highest BCUT2D eigenvalue weighted by molar-refractivity contribution is 5.94. The summed E-state index contributed by atoms with van der Waals surface area (Å²) in [4.78, 5) is 18.2. The fraction of sp³-hybridized carbons (Fsp3) is 0.571. The van der Waals surface area contributed by atoms with Crippen molar-refractivity contribution in [3.63, 3.8) is 0 Å². The number of carbonyl (C=O) groups excluding carboxylic acids is 1. The number of carbonyl (C=O) groups is 1. The number of hydrogen-bond acceptors (Lipinski definition) is 3. The number of aromatic nitrogens is 1. The van der Waals surface area contributed by atoms with Crippen molar-refractivity contribution in [2.45, 2.75) is 38.1 Å². The first-order chi connectivity index (χ1) is 8.66. The molecule has 1 fully saturated rings. The van der Waals surface area contributed by atoms with Gasteiger partial charge in [0.25, 0.3) is 5.91 Å². The number of anilines is 1. The second kappa shape index (κ2) is 5.85. The summed E-state index contributed by atoms with van der Waals surface area (Å²) in [6.07, 6.45) is 7.61. The predicted octanol–water partition coefficient (Wildman–Crippen LogP) is 2.21. The maximum atomic E-state index is 12.0. The number of rotatable bonds is 3. The number of nitrogens with zero attached hydrogens (tertiary/aromatic N) is 2. The van der Waals surface area contributed by atoms with Gasteiger partial charge in [0.2, 0.25) is 0 Å². The molecule has 1 aliphatic rings. The van der Waals surface area contributed by atoms with Gasteiger partial charge in [-0.1, -0.05) is 19.3 Å². The summed E-state index contributed by atoms with van der Waals surface area (Å²) in [5.41, 5.74) is 0.645. The van der Waals surface area contributed by atoms with E-state index in [1.54, 1.807) is 6.20 Å². The summed E-state index contributed by atoms with van der Waals surface area (Å²) < 4.78 is 0. The molecule has 0 atom stereocenters. The van der Waals surface area contributed by atoms with Crippen molar-refractivity contribution in [2.24, 2.45) is 0 Å². The van der Waals surface area contributed by atoms with Gasteiger partial charge in [0.1, 0.15) is 5.82 Å². The normalized spacial score (nSPS) is 16.3. The van der Waals surface area contributed by atoms with Crippen molar-refractivity contribution in [3.8, 4) is 0 Å². The van der Waals surface area contributed by atoms with Crippen LogP contribution in [0.3, 0.4) is 0 Å². The summed E-state index contributed by atoms with van der Waals surface area (Å²) in [5, 5.41) is 3.09. The summed E-state index contributed by atoms with van der Waals surface area (Å²) in [7, 11) is 3.87. The fourth-order valence-electron chi connectivity index (χ4n) is 2.30. The minimum atomic E-state index is -0.000272. The van der Waals surface area contributed by atoms with E-state index in [1.807, 2.05) is 31.1 Å². The fourth-order valence-corrected chi connectivity index (χ4v) is 2.30. The highest BCUT2D eigenvalue weighted by Crippen LogP contribution is 2.18. The van der Waals surface area contributed by atoms with Crippen LogP contribution in [0, 0.1) is 0 Å². The molecule has 0 saturated heterocycles. The molecular formula is C14H21N3O. The Hall–Kier alpha value is -1.58. The molecule has 1 amide bonds. The van der Waals surface area contributed by atoms with Gasteiger partial charge in [0.05, 0.1) is 5.56 Å². The van der Waals surface area contributed by atoms with Crippen LogP contribution in [0.2, 0.25) is 0 Å². The molecule has 1 aliphatic carbocycles. The molecule has 1 aromatic heterocycles. The van der Waals surface area contributed by atoms with Gasteiger partial charge in [0, 0.05) is 26.3 Å². The van der Waals surface area contributed by atoms with Gasteiger partial charge in [-0.3, -0.25) is 4.79 Å². The quantitative estimate of drug-likeness (QED) is 0.890. The third kappa shape index (κ3) is 3.22. The molecular weight excluding hydrogens is 226 g/mol. The van der Waals surface area contributed by atoms with Crippen molar-refractivity contribution < 1.29 is 4.79 Å². The molecule has 18 heavy (non-hydrogen) atoms. The Morgan fingerprint density at radius 2 is 2.00 bits per heavy atom. The molecule has 0 radical (unpaired) electrons. The summed E-state index contributed by atoms with van der Waals surface area (Å²) in [6.45, 7) is 0. The van der Waals surface area contributed by atoms with Gasteiger partial charge in [-0.15, -0.1) is 0 Å². The third-order valence-corrected chi connectivity index (χ3v) is 3.41. The monoisotopic (exact) mass is 247 g/mol. The molecule has 98 valence electrons. The third-order valence-electron chi connectivity index (χ3n) is 3.41. The van der Waals surface area contributed by atoms with E-state index >= 15 is 0 Å². The second-order valence-electron chi connectivity index (χ2n) is 5.11. The molecule has 1 saturated carbocycles. The van der Waals surface area contributed by atoms with E-state index in [0.29, 0.717) is 11.6 Å². The summed E-state index contributed by atoms with van der Waals surface area (Å²) in [6, 6.07) is 4.05. The lowest BCUT2D eigenvalue weighted by Gasteiger charge is -2.22. The van der Waals surface area contributed by atoms with E-state index in [1.165, 1.54) is 19.3 Å². The Morgan fingerprint density at radius 3 is 2.56 bits per heavy atom. The van der Waals surface area contributed by atoms with E-state index in [4.69, 9.17) is 0 Å². The maximum Gasteiger partial charge on any atom is 0.253 e. The molecule has 0 bridgehead atoms. The SMILES string of the molecule is CN(C)c1ccc(C(=O)NC2CCCCC2)cn1. The highest BCUT2D eigenvalue weighted by atomic mass is 16.1. The molecule has 1 heterocycles. The Balaban J connectivity index is 1.95. The number of hydrogen-bond donors (Lipinski definition) is 1. The molecule has 0 spiro atoms. The predicted molar refractivity (Wildman–Crippen MR) is 72.9 cm³/mol. The number of nitrogens with one attached hydrogen (secondary N) is 1. The lowest BCUT2D eigenvalue weighted by molar-refractivity contribution is 0.0927. The largest absolute Gasteiger partial charge is 0.363 e. The van der Waals surface area contributed by atoms with E-state index in [9.17, 15) is 4.79 Å². The number of pyridine rings is 1. The van der Waals surface area contributed by atoms with Crippen LogP contribution < -0.4 is 10.2 Å². The van der Waals surface area contributed by atoms with Gasteiger partial charge in [0.15, 0.2) is 0 Å². The minimum absolute atomic E-state index is 0.000272. The van der Waals surface area contributed by atoms with Gasteiger partial charge in [-0.25, -0.2) is 4.98 Å². The number of amides is 1. The first-order valence-corrected chi connectivity index (χ1v) is 6.61. The smallest absolute Gasteiger partial charge is 0.253 e. The summed E-state index contributed by atoms with van der Waals surface area (Å²) in [5.74, 6) is 0.865. The van der Waals surface area contributed by atoms with Crippen molar-refractivity contribution in [3.05, 3.63) is 23.9 Å². The van der Waals surface area contributed by atoms with E-state index in [2.05, 4.69) is 10.3 Å². The van der Waals surface area contributed by atoms with Crippen LogP contribution in [-0.2, 0) is 0 Å². The first kappa shape index (κ1) is 12.9. The van der Waals surface area contributed by atoms with Crippen molar-refractivity contribution in [1.82, 2.24) is 10.3 Å². The zero-order valence-electron chi connectivity index (χ0n) is 11.1. The van der Waals surface area contributed by atoms with Crippen molar-refractivity contribution in [1.29, 1.82) is 0 Å². The van der Waals surface area contributed by atoms with E-state index in [-0.39, 0.29) is 5.91 Å². The molecule has 1 N–H and O–H groups in total. The van der Waals surface area contributed by atoms with Gasteiger partial charge in [-0.05, 0) is 25.0 Å². The van der Waals surface area contributed by atoms with Gasteiger partial charge >= 0.3 is 0 Å². The van der Waals surface area contributed by atoms with Crippen LogP contribution in [0.4, 0.5) is 5.82 Å². The first-order valence-electron chi connectivity index (χ1n) is 6.61. The van der Waals surface area contributed by atoms with Crippen LogP contribution in [0.1, 0.15) is 42.5 Å². The van der Waals surface area contributed by atoms with Crippen LogP contribution in [0.25, 0.3) is 0 Å². The summed E-state index contributed by atoms with van der Waals surface area (Å²) >= 11 is 0. The Bertz CT molecular complexity index is 394. The molecule has 4 heteroatoms. The zero-order chi connectivity index (χ0) is 13.0. The maximum absolute atomic E-state index is 12.0. The molecule has 0 unspecified atom stereocenters.